The van der Waals surface area contributed by atoms with Crippen LogP contribution in [0.1, 0.15) is 38.4 Å². The molecule has 0 radical (unpaired) electrons. The summed E-state index contributed by atoms with van der Waals surface area (Å²) in [4.78, 5) is 3.92. The second-order valence-corrected chi connectivity index (χ2v) is 3.89. The Bertz CT molecular complexity index is 264. The molecule has 0 saturated heterocycles. The van der Waals surface area contributed by atoms with Crippen LogP contribution in [0.15, 0.2) is 24.5 Å². The first-order valence-corrected chi connectivity index (χ1v) is 5.55. The quantitative estimate of drug-likeness (QED) is 0.750. The van der Waals surface area contributed by atoms with Crippen LogP contribution in [0.2, 0.25) is 0 Å². The molecule has 84 valence electrons. The minimum atomic E-state index is -0.438. The maximum atomic E-state index is 9.85. The topological polar surface area (TPSA) is 45.1 Å². The lowest BCUT2D eigenvalue weighted by Gasteiger charge is -2.16. The Labute approximate surface area is 91.5 Å². The maximum Gasteiger partial charge on any atom is 0.0915 e. The average Bonchev–Trinajstić information content (AvgIpc) is 2.27. The van der Waals surface area contributed by atoms with Gasteiger partial charge in [-0.15, -0.1) is 0 Å². The van der Waals surface area contributed by atoms with E-state index in [0.717, 1.165) is 12.0 Å². The van der Waals surface area contributed by atoms with Crippen LogP contribution in [0.25, 0.3) is 0 Å². The fourth-order valence-electron chi connectivity index (χ4n) is 1.55. The van der Waals surface area contributed by atoms with E-state index in [2.05, 4.69) is 24.1 Å². The number of hydrogen-bond acceptors (Lipinski definition) is 3. The predicted octanol–water partition coefficient (Wildman–Crippen LogP) is 1.89. The predicted molar refractivity (Wildman–Crippen MR) is 61.6 cm³/mol. The Balaban J connectivity index is 2.33. The third-order valence-corrected chi connectivity index (χ3v) is 2.47. The molecule has 0 spiro atoms. The fraction of sp³-hybridized carbons (Fsp3) is 0.583. The molecule has 0 aliphatic carbocycles. The highest BCUT2D eigenvalue weighted by atomic mass is 16.3. The monoisotopic (exact) mass is 208 g/mol. The number of nitrogens with one attached hydrogen (secondary N) is 1. The number of nitrogens with zero attached hydrogens (tertiary/aromatic N) is 1. The van der Waals surface area contributed by atoms with Crippen LogP contribution in [0.5, 0.6) is 0 Å². The molecule has 0 aliphatic rings. The summed E-state index contributed by atoms with van der Waals surface area (Å²) in [6.07, 6.45) is 5.28. The van der Waals surface area contributed by atoms with Crippen LogP contribution in [-0.4, -0.2) is 22.7 Å². The van der Waals surface area contributed by atoms with Crippen molar-refractivity contribution in [2.24, 2.45) is 0 Å². The molecule has 2 N–H and O–H groups in total. The van der Waals surface area contributed by atoms with Crippen LogP contribution in [-0.2, 0) is 0 Å². The molecule has 2 atom stereocenters. The van der Waals surface area contributed by atoms with Crippen molar-refractivity contribution >= 4 is 0 Å². The first kappa shape index (κ1) is 12.1. The van der Waals surface area contributed by atoms with Gasteiger partial charge in [-0.1, -0.05) is 13.3 Å². The number of pyridine rings is 1. The lowest BCUT2D eigenvalue weighted by atomic mass is 10.1. The van der Waals surface area contributed by atoms with E-state index in [1.54, 1.807) is 12.4 Å². The SMILES string of the molecule is CCCC(C)NCC(O)c1ccncc1. The van der Waals surface area contributed by atoms with Crippen molar-refractivity contribution in [1.29, 1.82) is 0 Å². The van der Waals surface area contributed by atoms with Crippen LogP contribution >= 0.6 is 0 Å². The number of aromatic nitrogens is 1. The number of hydrogen-bond donors (Lipinski definition) is 2. The zero-order chi connectivity index (χ0) is 11.1. The molecule has 1 aromatic rings. The van der Waals surface area contributed by atoms with Crippen LogP contribution in [0, 0.1) is 0 Å². The van der Waals surface area contributed by atoms with E-state index in [4.69, 9.17) is 0 Å². The summed E-state index contributed by atoms with van der Waals surface area (Å²) in [5.74, 6) is 0. The lowest BCUT2D eigenvalue weighted by Crippen LogP contribution is -2.30. The van der Waals surface area contributed by atoms with Gasteiger partial charge >= 0.3 is 0 Å². The number of aliphatic hydroxyl groups is 1. The highest BCUT2D eigenvalue weighted by molar-refractivity contribution is 5.13. The third-order valence-electron chi connectivity index (χ3n) is 2.47. The molecule has 0 saturated carbocycles. The van der Waals surface area contributed by atoms with Crippen molar-refractivity contribution < 1.29 is 5.11 Å². The Morgan fingerprint density at radius 3 is 2.67 bits per heavy atom. The van der Waals surface area contributed by atoms with E-state index in [1.165, 1.54) is 6.42 Å². The van der Waals surface area contributed by atoms with Crippen molar-refractivity contribution in [2.45, 2.75) is 38.8 Å². The zero-order valence-corrected chi connectivity index (χ0v) is 9.48. The summed E-state index contributed by atoms with van der Waals surface area (Å²) in [7, 11) is 0. The normalized spacial score (nSPS) is 14.9. The third kappa shape index (κ3) is 4.40. The highest BCUT2D eigenvalue weighted by Crippen LogP contribution is 2.10. The summed E-state index contributed by atoms with van der Waals surface area (Å²) in [6.45, 7) is 4.91. The summed E-state index contributed by atoms with van der Waals surface area (Å²) in [5, 5.41) is 13.2. The second-order valence-electron chi connectivity index (χ2n) is 3.89. The standard InChI is InChI=1S/C12H20N2O/c1-3-4-10(2)14-9-12(15)11-5-7-13-8-6-11/h5-8,10,12,14-15H,3-4,9H2,1-2H3. The maximum absolute atomic E-state index is 9.85. The molecule has 1 heterocycles. The first-order valence-electron chi connectivity index (χ1n) is 5.55. The van der Waals surface area contributed by atoms with Gasteiger partial charge in [-0.2, -0.15) is 0 Å². The average molecular weight is 208 g/mol. The Hall–Kier alpha value is -0.930. The van der Waals surface area contributed by atoms with Crippen molar-refractivity contribution in [1.82, 2.24) is 10.3 Å². The van der Waals surface area contributed by atoms with E-state index >= 15 is 0 Å². The summed E-state index contributed by atoms with van der Waals surface area (Å²) in [6, 6.07) is 4.15. The van der Waals surface area contributed by atoms with Crippen molar-refractivity contribution in [2.75, 3.05) is 6.54 Å². The van der Waals surface area contributed by atoms with E-state index in [9.17, 15) is 5.11 Å². The van der Waals surface area contributed by atoms with Gasteiger partial charge in [0.25, 0.3) is 0 Å². The molecule has 1 aromatic heterocycles. The van der Waals surface area contributed by atoms with Crippen molar-refractivity contribution in [3.63, 3.8) is 0 Å². The van der Waals surface area contributed by atoms with Crippen LogP contribution in [0.4, 0.5) is 0 Å². The molecule has 15 heavy (non-hydrogen) atoms. The van der Waals surface area contributed by atoms with Gasteiger partial charge in [0, 0.05) is 25.0 Å². The highest BCUT2D eigenvalue weighted by Gasteiger charge is 2.08. The molecule has 0 bridgehead atoms. The minimum absolute atomic E-state index is 0.438. The van der Waals surface area contributed by atoms with Gasteiger partial charge in [0.15, 0.2) is 0 Å². The van der Waals surface area contributed by atoms with E-state index < -0.39 is 6.10 Å². The molecule has 3 heteroatoms. The molecule has 3 nitrogen and oxygen atoms in total. The minimum Gasteiger partial charge on any atom is -0.387 e. The fourth-order valence-corrected chi connectivity index (χ4v) is 1.55. The number of aliphatic hydroxyl groups excluding tert-OH is 1. The molecular formula is C12H20N2O. The van der Waals surface area contributed by atoms with Crippen molar-refractivity contribution in [3.05, 3.63) is 30.1 Å². The number of rotatable bonds is 6. The smallest absolute Gasteiger partial charge is 0.0915 e. The van der Waals surface area contributed by atoms with Gasteiger partial charge in [-0.25, -0.2) is 0 Å². The molecule has 0 amide bonds. The Kier molecular flexibility index (Phi) is 5.29. The second kappa shape index (κ2) is 6.53. The van der Waals surface area contributed by atoms with E-state index in [0.29, 0.717) is 12.6 Å². The van der Waals surface area contributed by atoms with Gasteiger partial charge in [-0.3, -0.25) is 4.98 Å². The van der Waals surface area contributed by atoms with Crippen LogP contribution < -0.4 is 5.32 Å². The van der Waals surface area contributed by atoms with Gasteiger partial charge in [0.1, 0.15) is 0 Å². The van der Waals surface area contributed by atoms with Crippen molar-refractivity contribution in [3.8, 4) is 0 Å². The summed E-state index contributed by atoms with van der Waals surface area (Å²) in [5.41, 5.74) is 0.918. The Morgan fingerprint density at radius 1 is 1.40 bits per heavy atom. The summed E-state index contributed by atoms with van der Waals surface area (Å²) < 4.78 is 0. The van der Waals surface area contributed by atoms with Crippen LogP contribution in [0.3, 0.4) is 0 Å². The summed E-state index contributed by atoms with van der Waals surface area (Å²) >= 11 is 0. The Morgan fingerprint density at radius 2 is 2.07 bits per heavy atom. The molecule has 0 fully saturated rings. The molecule has 2 unspecified atom stereocenters. The van der Waals surface area contributed by atoms with Gasteiger partial charge in [0.05, 0.1) is 6.10 Å². The van der Waals surface area contributed by atoms with Gasteiger partial charge in [-0.05, 0) is 31.0 Å². The van der Waals surface area contributed by atoms with Gasteiger partial charge < -0.3 is 10.4 Å². The molecule has 0 aliphatic heterocycles. The lowest BCUT2D eigenvalue weighted by molar-refractivity contribution is 0.170. The molecule has 1 rings (SSSR count). The first-order chi connectivity index (χ1) is 7.24. The van der Waals surface area contributed by atoms with E-state index in [-0.39, 0.29) is 0 Å². The molecular weight excluding hydrogens is 188 g/mol. The van der Waals surface area contributed by atoms with E-state index in [1.807, 2.05) is 12.1 Å². The zero-order valence-electron chi connectivity index (χ0n) is 9.48. The largest absolute Gasteiger partial charge is 0.387 e. The molecule has 0 aromatic carbocycles. The van der Waals surface area contributed by atoms with Gasteiger partial charge in [0.2, 0.25) is 0 Å².